The van der Waals surface area contributed by atoms with E-state index in [0.29, 0.717) is 17.7 Å². The van der Waals surface area contributed by atoms with Crippen LogP contribution in [0.1, 0.15) is 22.8 Å². The van der Waals surface area contributed by atoms with Crippen LogP contribution in [0.4, 0.5) is 0 Å². The number of amides is 2. The predicted molar refractivity (Wildman–Crippen MR) is 73.8 cm³/mol. The zero-order chi connectivity index (χ0) is 15.0. The van der Waals surface area contributed by atoms with Gasteiger partial charge in [0.25, 0.3) is 5.91 Å². The van der Waals surface area contributed by atoms with Gasteiger partial charge in [-0.05, 0) is 13.0 Å². The lowest BCUT2D eigenvalue weighted by atomic mass is 10.1. The number of likely N-dealkylation sites (N-methyl/N-ethyl adjacent to an activating group) is 2. The highest BCUT2D eigenvalue weighted by molar-refractivity contribution is 5.98. The van der Waals surface area contributed by atoms with Crippen LogP contribution in [0.2, 0.25) is 0 Å². The van der Waals surface area contributed by atoms with Gasteiger partial charge in [0, 0.05) is 26.0 Å². The quantitative estimate of drug-likeness (QED) is 0.735. The van der Waals surface area contributed by atoms with E-state index in [2.05, 4.69) is 22.1 Å². The summed E-state index contributed by atoms with van der Waals surface area (Å²) in [5, 5.41) is 11.3. The average molecular weight is 275 g/mol. The van der Waals surface area contributed by atoms with Crippen LogP contribution in [0.3, 0.4) is 0 Å². The Kier molecular flexibility index (Phi) is 6.20. The minimum atomic E-state index is -0.319. The predicted octanol–water partition coefficient (Wildman–Crippen LogP) is -0.367. The molecule has 0 saturated carbocycles. The van der Waals surface area contributed by atoms with Crippen molar-refractivity contribution in [3.63, 3.8) is 0 Å². The van der Waals surface area contributed by atoms with E-state index in [-0.39, 0.29) is 25.0 Å². The number of hydrogen-bond donors (Lipinski definition) is 2. The molecule has 0 aromatic carbocycles. The molecule has 0 fully saturated rings. The highest BCUT2D eigenvalue weighted by atomic mass is 16.2. The number of carbonyl (C=O) groups excluding carboxylic acids is 2. The van der Waals surface area contributed by atoms with Gasteiger partial charge >= 0.3 is 0 Å². The third-order valence-electron chi connectivity index (χ3n) is 2.46. The second-order valence-electron chi connectivity index (χ2n) is 4.00. The number of aromatic nitrogens is 1. The third kappa shape index (κ3) is 4.37. The molecule has 2 N–H and O–H groups in total. The van der Waals surface area contributed by atoms with Gasteiger partial charge in [-0.2, -0.15) is 0 Å². The van der Waals surface area contributed by atoms with Gasteiger partial charge in [0.15, 0.2) is 0 Å². The van der Waals surface area contributed by atoms with Gasteiger partial charge < -0.3 is 15.3 Å². The van der Waals surface area contributed by atoms with E-state index < -0.39 is 0 Å². The Labute approximate surface area is 117 Å². The number of aliphatic hydroxyl groups excluding tert-OH is 1. The van der Waals surface area contributed by atoms with Crippen LogP contribution in [0.15, 0.2) is 18.5 Å². The summed E-state index contributed by atoms with van der Waals surface area (Å²) in [6.07, 6.45) is 2.94. The molecule has 6 nitrogen and oxygen atoms in total. The lowest BCUT2D eigenvalue weighted by Gasteiger charge is -2.17. The number of aliphatic hydroxyl groups is 1. The first-order chi connectivity index (χ1) is 9.60. The fourth-order valence-corrected chi connectivity index (χ4v) is 1.56. The Morgan fingerprint density at radius 1 is 1.50 bits per heavy atom. The van der Waals surface area contributed by atoms with Gasteiger partial charge in [0.1, 0.15) is 6.61 Å². The molecule has 1 rings (SSSR count). The molecule has 0 aliphatic rings. The largest absolute Gasteiger partial charge is 0.384 e. The molecular weight excluding hydrogens is 258 g/mol. The van der Waals surface area contributed by atoms with Crippen molar-refractivity contribution in [1.29, 1.82) is 0 Å². The Morgan fingerprint density at radius 3 is 2.90 bits per heavy atom. The lowest BCUT2D eigenvalue weighted by Crippen LogP contribution is -2.38. The van der Waals surface area contributed by atoms with Crippen molar-refractivity contribution >= 4 is 11.8 Å². The summed E-state index contributed by atoms with van der Waals surface area (Å²) in [6, 6.07) is 1.54. The molecule has 0 aliphatic carbocycles. The second kappa shape index (κ2) is 7.92. The smallest absolute Gasteiger partial charge is 0.255 e. The van der Waals surface area contributed by atoms with Crippen molar-refractivity contribution in [1.82, 2.24) is 15.2 Å². The highest BCUT2D eigenvalue weighted by Crippen LogP contribution is 2.08. The zero-order valence-electron chi connectivity index (χ0n) is 11.5. The Bertz CT molecular complexity index is 546. The fraction of sp³-hybridized carbons (Fsp3) is 0.357. The first-order valence-electron chi connectivity index (χ1n) is 6.16. The maximum atomic E-state index is 12.3. The highest BCUT2D eigenvalue weighted by Gasteiger charge is 2.17. The molecule has 1 aromatic heterocycles. The SMILES string of the molecule is CCNC(=O)CN(C)C(=O)c1ccncc1C#CCO. The summed E-state index contributed by atoms with van der Waals surface area (Å²) in [7, 11) is 1.54. The van der Waals surface area contributed by atoms with Crippen LogP contribution in [0.5, 0.6) is 0 Å². The number of nitrogens with one attached hydrogen (secondary N) is 1. The molecule has 2 amide bonds. The summed E-state index contributed by atoms with van der Waals surface area (Å²) in [5.74, 6) is 4.60. The third-order valence-corrected chi connectivity index (χ3v) is 2.46. The van der Waals surface area contributed by atoms with Crippen molar-refractivity contribution in [3.05, 3.63) is 29.6 Å². The second-order valence-corrected chi connectivity index (χ2v) is 4.00. The van der Waals surface area contributed by atoms with Gasteiger partial charge in [-0.3, -0.25) is 14.6 Å². The Hall–Kier alpha value is -2.39. The van der Waals surface area contributed by atoms with E-state index in [1.54, 1.807) is 7.05 Å². The average Bonchev–Trinajstić information content (AvgIpc) is 2.44. The zero-order valence-corrected chi connectivity index (χ0v) is 11.5. The Morgan fingerprint density at radius 2 is 2.25 bits per heavy atom. The lowest BCUT2D eigenvalue weighted by molar-refractivity contribution is -0.121. The molecule has 0 aliphatic heterocycles. The van der Waals surface area contributed by atoms with E-state index in [4.69, 9.17) is 5.11 Å². The van der Waals surface area contributed by atoms with Crippen molar-refractivity contribution < 1.29 is 14.7 Å². The van der Waals surface area contributed by atoms with Crippen molar-refractivity contribution in [2.24, 2.45) is 0 Å². The van der Waals surface area contributed by atoms with Crippen LogP contribution < -0.4 is 5.32 Å². The standard InChI is InChI=1S/C14H17N3O3/c1-3-16-13(19)10-17(2)14(20)12-6-7-15-9-11(12)5-4-8-18/h6-7,9,18H,3,8,10H2,1-2H3,(H,16,19). The van der Waals surface area contributed by atoms with Gasteiger partial charge in [0.2, 0.25) is 5.91 Å². The van der Waals surface area contributed by atoms with Gasteiger partial charge in [-0.25, -0.2) is 0 Å². The van der Waals surface area contributed by atoms with Crippen molar-refractivity contribution in [2.75, 3.05) is 26.7 Å². The molecule has 0 saturated heterocycles. The van der Waals surface area contributed by atoms with E-state index >= 15 is 0 Å². The van der Waals surface area contributed by atoms with Gasteiger partial charge in [-0.1, -0.05) is 11.8 Å². The van der Waals surface area contributed by atoms with Crippen molar-refractivity contribution in [3.8, 4) is 11.8 Å². The summed E-state index contributed by atoms with van der Waals surface area (Å²) < 4.78 is 0. The molecule has 0 spiro atoms. The van der Waals surface area contributed by atoms with Crippen LogP contribution in [-0.4, -0.2) is 53.5 Å². The van der Waals surface area contributed by atoms with Crippen LogP contribution in [0.25, 0.3) is 0 Å². The molecule has 20 heavy (non-hydrogen) atoms. The summed E-state index contributed by atoms with van der Waals surface area (Å²) in [5.41, 5.74) is 0.780. The topological polar surface area (TPSA) is 82.5 Å². The first-order valence-corrected chi connectivity index (χ1v) is 6.16. The molecule has 0 unspecified atom stereocenters. The maximum absolute atomic E-state index is 12.3. The molecule has 0 radical (unpaired) electrons. The minimum Gasteiger partial charge on any atom is -0.384 e. The summed E-state index contributed by atoms with van der Waals surface area (Å²) >= 11 is 0. The Balaban J connectivity index is 2.89. The fourth-order valence-electron chi connectivity index (χ4n) is 1.56. The maximum Gasteiger partial charge on any atom is 0.255 e. The number of carbonyl (C=O) groups is 2. The first kappa shape index (κ1) is 15.7. The van der Waals surface area contributed by atoms with E-state index in [0.717, 1.165) is 0 Å². The van der Waals surface area contributed by atoms with E-state index in [1.807, 2.05) is 6.92 Å². The molecule has 0 atom stereocenters. The number of nitrogens with zero attached hydrogens (tertiary/aromatic N) is 2. The molecular formula is C14H17N3O3. The minimum absolute atomic E-state index is 0.0259. The summed E-state index contributed by atoms with van der Waals surface area (Å²) in [4.78, 5) is 28.9. The molecule has 1 aromatic rings. The molecule has 6 heteroatoms. The van der Waals surface area contributed by atoms with Crippen LogP contribution in [0, 0.1) is 11.8 Å². The van der Waals surface area contributed by atoms with Gasteiger partial charge in [-0.15, -0.1) is 0 Å². The summed E-state index contributed by atoms with van der Waals surface area (Å²) in [6.45, 7) is 2.01. The van der Waals surface area contributed by atoms with Crippen LogP contribution >= 0.6 is 0 Å². The van der Waals surface area contributed by atoms with Crippen molar-refractivity contribution in [2.45, 2.75) is 6.92 Å². The normalized spacial score (nSPS) is 9.35. The van der Waals surface area contributed by atoms with Gasteiger partial charge in [0.05, 0.1) is 17.7 Å². The van der Waals surface area contributed by atoms with E-state index in [1.165, 1.54) is 23.4 Å². The molecule has 1 heterocycles. The molecule has 0 bridgehead atoms. The monoisotopic (exact) mass is 275 g/mol. The number of rotatable bonds is 4. The molecule has 106 valence electrons. The number of hydrogen-bond acceptors (Lipinski definition) is 4. The van der Waals surface area contributed by atoms with E-state index in [9.17, 15) is 9.59 Å². The number of pyridine rings is 1. The van der Waals surface area contributed by atoms with Crippen LogP contribution in [-0.2, 0) is 4.79 Å².